The Balaban J connectivity index is 2.18. The van der Waals surface area contributed by atoms with Crippen molar-refractivity contribution in [2.45, 2.75) is 26.3 Å². The molecule has 0 bridgehead atoms. The maximum Gasteiger partial charge on any atom is 0.251 e. The third kappa shape index (κ3) is 3.56. The van der Waals surface area contributed by atoms with Crippen molar-refractivity contribution in [2.24, 2.45) is 0 Å². The van der Waals surface area contributed by atoms with Gasteiger partial charge in [0.1, 0.15) is 11.6 Å². The van der Waals surface area contributed by atoms with Crippen molar-refractivity contribution < 1.29 is 9.18 Å². The molecule has 1 heterocycles. The van der Waals surface area contributed by atoms with Crippen LogP contribution in [0.5, 0.6) is 0 Å². The van der Waals surface area contributed by atoms with Crippen LogP contribution < -0.4 is 11.1 Å². The molecule has 0 saturated carbocycles. The average molecular weight is 287 g/mol. The number of aryl methyl sites for hydroxylation is 1. The van der Waals surface area contributed by atoms with Gasteiger partial charge in [-0.1, -0.05) is 25.1 Å². The molecule has 2 aromatic rings. The van der Waals surface area contributed by atoms with E-state index in [9.17, 15) is 9.18 Å². The maximum atomic E-state index is 13.7. The zero-order valence-electron chi connectivity index (χ0n) is 12.1. The van der Waals surface area contributed by atoms with Crippen molar-refractivity contribution in [3.8, 4) is 0 Å². The predicted molar refractivity (Wildman–Crippen MR) is 80.3 cm³/mol. The number of nitrogen functional groups attached to an aromatic ring is 1. The summed E-state index contributed by atoms with van der Waals surface area (Å²) in [6, 6.07) is 9.15. The minimum absolute atomic E-state index is 0.297. The molecule has 1 amide bonds. The Morgan fingerprint density at radius 3 is 2.76 bits per heavy atom. The minimum Gasteiger partial charge on any atom is -0.384 e. The predicted octanol–water partition coefficient (Wildman–Crippen LogP) is 2.86. The normalized spacial score (nSPS) is 12.0. The molecule has 0 spiro atoms. The van der Waals surface area contributed by atoms with E-state index >= 15 is 0 Å². The Hall–Kier alpha value is -2.43. The monoisotopic (exact) mass is 287 g/mol. The third-order valence-electron chi connectivity index (χ3n) is 3.24. The number of halogens is 1. The second kappa shape index (κ2) is 6.35. The number of nitrogens with zero attached hydrogens (tertiary/aromatic N) is 1. The van der Waals surface area contributed by atoms with E-state index in [1.54, 1.807) is 31.2 Å². The number of rotatable bonds is 4. The quantitative estimate of drug-likeness (QED) is 0.908. The molecule has 1 aromatic carbocycles. The van der Waals surface area contributed by atoms with Gasteiger partial charge in [0.25, 0.3) is 5.91 Å². The Morgan fingerprint density at radius 2 is 2.10 bits per heavy atom. The van der Waals surface area contributed by atoms with Crippen molar-refractivity contribution in [1.82, 2.24) is 10.3 Å². The molecule has 0 saturated heterocycles. The van der Waals surface area contributed by atoms with Gasteiger partial charge in [0, 0.05) is 16.8 Å². The number of hydrogen-bond acceptors (Lipinski definition) is 3. The van der Waals surface area contributed by atoms with Crippen LogP contribution in [0.25, 0.3) is 0 Å². The zero-order valence-corrected chi connectivity index (χ0v) is 12.1. The van der Waals surface area contributed by atoms with E-state index in [1.165, 1.54) is 12.1 Å². The lowest BCUT2D eigenvalue weighted by atomic mass is 10.1. The van der Waals surface area contributed by atoms with Gasteiger partial charge in [-0.15, -0.1) is 0 Å². The number of anilines is 1. The summed E-state index contributed by atoms with van der Waals surface area (Å²) in [4.78, 5) is 16.4. The highest BCUT2D eigenvalue weighted by atomic mass is 19.1. The van der Waals surface area contributed by atoms with E-state index in [0.717, 1.165) is 5.69 Å². The van der Waals surface area contributed by atoms with Crippen LogP contribution in [-0.2, 0) is 6.42 Å². The van der Waals surface area contributed by atoms with Crippen LogP contribution in [0.1, 0.15) is 41.5 Å². The SMILES string of the molecule is CCc1cc(C(=O)NC(C)c2ccccc2F)cc(N)n1. The average Bonchev–Trinajstić information content (AvgIpc) is 2.46. The molecule has 3 N–H and O–H groups in total. The first-order chi connectivity index (χ1) is 10.0. The molecule has 1 aromatic heterocycles. The summed E-state index contributed by atoms with van der Waals surface area (Å²) in [5.41, 5.74) is 7.32. The fraction of sp³-hybridized carbons (Fsp3) is 0.250. The first-order valence-corrected chi connectivity index (χ1v) is 6.83. The largest absolute Gasteiger partial charge is 0.384 e. The van der Waals surface area contributed by atoms with Gasteiger partial charge in [-0.05, 0) is 31.5 Å². The van der Waals surface area contributed by atoms with E-state index in [2.05, 4.69) is 10.3 Å². The minimum atomic E-state index is -0.432. The van der Waals surface area contributed by atoms with Crippen LogP contribution in [0, 0.1) is 5.82 Å². The summed E-state index contributed by atoms with van der Waals surface area (Å²) in [5, 5.41) is 2.77. The standard InChI is InChI=1S/C16H18FN3O/c1-3-12-8-11(9-15(18)20-12)16(21)19-10(2)13-6-4-5-7-14(13)17/h4-10H,3H2,1-2H3,(H2,18,20)(H,19,21). The molecule has 5 heteroatoms. The molecule has 0 aliphatic carbocycles. The fourth-order valence-corrected chi connectivity index (χ4v) is 2.11. The van der Waals surface area contributed by atoms with Gasteiger partial charge >= 0.3 is 0 Å². The Morgan fingerprint density at radius 1 is 1.38 bits per heavy atom. The van der Waals surface area contributed by atoms with Crippen molar-refractivity contribution >= 4 is 11.7 Å². The molecule has 1 unspecified atom stereocenters. The highest BCUT2D eigenvalue weighted by molar-refractivity contribution is 5.95. The van der Waals surface area contributed by atoms with Gasteiger partial charge < -0.3 is 11.1 Å². The van der Waals surface area contributed by atoms with Crippen molar-refractivity contribution in [3.63, 3.8) is 0 Å². The van der Waals surface area contributed by atoms with Crippen LogP contribution >= 0.6 is 0 Å². The maximum absolute atomic E-state index is 13.7. The first kappa shape index (κ1) is 15.0. The molecule has 110 valence electrons. The molecule has 2 rings (SSSR count). The first-order valence-electron chi connectivity index (χ1n) is 6.83. The zero-order chi connectivity index (χ0) is 15.4. The topological polar surface area (TPSA) is 68.0 Å². The number of carbonyl (C=O) groups excluding carboxylic acids is 1. The highest BCUT2D eigenvalue weighted by Gasteiger charge is 2.15. The molecule has 0 aliphatic heterocycles. The van der Waals surface area contributed by atoms with Gasteiger partial charge in [0.2, 0.25) is 0 Å². The van der Waals surface area contributed by atoms with Crippen LogP contribution in [-0.4, -0.2) is 10.9 Å². The Labute approximate surface area is 123 Å². The lowest BCUT2D eigenvalue weighted by Gasteiger charge is -2.15. The van der Waals surface area contributed by atoms with Gasteiger partial charge in [-0.3, -0.25) is 4.79 Å². The molecular formula is C16H18FN3O. The summed E-state index contributed by atoms with van der Waals surface area (Å²) in [7, 11) is 0. The summed E-state index contributed by atoms with van der Waals surface area (Å²) >= 11 is 0. The summed E-state index contributed by atoms with van der Waals surface area (Å²) in [6.45, 7) is 3.67. The smallest absolute Gasteiger partial charge is 0.251 e. The Bertz CT molecular complexity index is 658. The lowest BCUT2D eigenvalue weighted by molar-refractivity contribution is 0.0939. The van der Waals surface area contributed by atoms with Crippen LogP contribution in [0.2, 0.25) is 0 Å². The van der Waals surface area contributed by atoms with E-state index in [4.69, 9.17) is 5.73 Å². The van der Waals surface area contributed by atoms with Gasteiger partial charge in [0.05, 0.1) is 6.04 Å². The lowest BCUT2D eigenvalue weighted by Crippen LogP contribution is -2.27. The number of amides is 1. The summed E-state index contributed by atoms with van der Waals surface area (Å²) < 4.78 is 13.7. The van der Waals surface area contributed by atoms with Crippen LogP contribution in [0.4, 0.5) is 10.2 Å². The van der Waals surface area contributed by atoms with Gasteiger partial charge in [-0.25, -0.2) is 9.37 Å². The van der Waals surface area contributed by atoms with E-state index in [-0.39, 0.29) is 11.7 Å². The molecule has 1 atom stereocenters. The number of benzene rings is 1. The molecule has 0 radical (unpaired) electrons. The number of hydrogen-bond donors (Lipinski definition) is 2. The molecular weight excluding hydrogens is 269 g/mol. The number of pyridine rings is 1. The van der Waals surface area contributed by atoms with Crippen molar-refractivity contribution in [2.75, 3.05) is 5.73 Å². The molecule has 0 aliphatic rings. The number of nitrogens with two attached hydrogens (primary N) is 1. The Kier molecular flexibility index (Phi) is 4.52. The molecule has 21 heavy (non-hydrogen) atoms. The second-order valence-corrected chi connectivity index (χ2v) is 4.84. The number of aromatic nitrogens is 1. The van der Waals surface area contributed by atoms with Gasteiger partial charge in [0.15, 0.2) is 0 Å². The van der Waals surface area contributed by atoms with E-state index < -0.39 is 6.04 Å². The van der Waals surface area contributed by atoms with Gasteiger partial charge in [-0.2, -0.15) is 0 Å². The summed E-state index contributed by atoms with van der Waals surface area (Å²) in [6.07, 6.45) is 0.689. The van der Waals surface area contributed by atoms with E-state index in [0.29, 0.717) is 23.4 Å². The fourth-order valence-electron chi connectivity index (χ4n) is 2.11. The third-order valence-corrected chi connectivity index (χ3v) is 3.24. The van der Waals surface area contributed by atoms with Crippen LogP contribution in [0.3, 0.4) is 0 Å². The molecule has 4 nitrogen and oxygen atoms in total. The molecule has 0 fully saturated rings. The second-order valence-electron chi connectivity index (χ2n) is 4.84. The van der Waals surface area contributed by atoms with Crippen molar-refractivity contribution in [3.05, 3.63) is 59.0 Å². The van der Waals surface area contributed by atoms with Crippen LogP contribution in [0.15, 0.2) is 36.4 Å². The van der Waals surface area contributed by atoms with Crippen molar-refractivity contribution in [1.29, 1.82) is 0 Å². The number of nitrogens with one attached hydrogen (secondary N) is 1. The van der Waals surface area contributed by atoms with E-state index in [1.807, 2.05) is 6.92 Å². The number of carbonyl (C=O) groups is 1. The summed E-state index contributed by atoms with van der Waals surface area (Å²) in [5.74, 6) is -0.332. The highest BCUT2D eigenvalue weighted by Crippen LogP contribution is 2.17.